The highest BCUT2D eigenvalue weighted by Crippen LogP contribution is 2.19. The molecule has 0 atom stereocenters. The molecular weight excluding hydrogens is 448 g/mol. The number of aryl methyl sites for hydroxylation is 2. The highest BCUT2D eigenvalue weighted by molar-refractivity contribution is 5.94. The molecule has 3 aromatic rings. The molecule has 3 aromatic carbocycles. The van der Waals surface area contributed by atoms with Crippen LogP contribution in [0.3, 0.4) is 0 Å². The van der Waals surface area contributed by atoms with Gasteiger partial charge in [-0.1, -0.05) is 29.8 Å². The quantitative estimate of drug-likeness (QED) is 0.340. The van der Waals surface area contributed by atoms with E-state index in [0.717, 1.165) is 16.7 Å². The summed E-state index contributed by atoms with van der Waals surface area (Å²) in [4.78, 5) is 35.9. The maximum absolute atomic E-state index is 12.4. The van der Waals surface area contributed by atoms with Crippen molar-refractivity contribution in [2.75, 3.05) is 18.5 Å². The summed E-state index contributed by atoms with van der Waals surface area (Å²) < 4.78 is 15.3. The van der Waals surface area contributed by atoms with E-state index in [1.165, 1.54) is 12.1 Å². The van der Waals surface area contributed by atoms with Crippen molar-refractivity contribution in [3.05, 3.63) is 89.0 Å². The van der Waals surface area contributed by atoms with Gasteiger partial charge in [0.25, 0.3) is 11.8 Å². The second-order valence-corrected chi connectivity index (χ2v) is 7.79. The molecule has 0 spiro atoms. The smallest absolute Gasteiger partial charge is 0.483 e. The maximum Gasteiger partial charge on any atom is 0.513 e. The minimum absolute atomic E-state index is 0.0919. The first-order valence-corrected chi connectivity index (χ1v) is 11.2. The summed E-state index contributed by atoms with van der Waals surface area (Å²) >= 11 is 0. The Bertz CT molecular complexity index is 1170. The zero-order valence-electron chi connectivity index (χ0n) is 19.9. The minimum atomic E-state index is -0.793. The van der Waals surface area contributed by atoms with Crippen LogP contribution in [0.4, 0.5) is 10.5 Å². The fourth-order valence-electron chi connectivity index (χ4n) is 3.21. The van der Waals surface area contributed by atoms with E-state index in [9.17, 15) is 14.4 Å². The Balaban J connectivity index is 1.44. The van der Waals surface area contributed by atoms with Crippen LogP contribution in [-0.2, 0) is 16.1 Å². The Hall–Kier alpha value is -4.33. The highest BCUT2D eigenvalue weighted by Gasteiger charge is 2.09. The molecule has 0 aromatic heterocycles. The Morgan fingerprint density at radius 3 is 2.26 bits per heavy atom. The Kier molecular flexibility index (Phi) is 8.83. The summed E-state index contributed by atoms with van der Waals surface area (Å²) in [5, 5.41) is 5.62. The molecule has 0 aliphatic heterocycles. The molecule has 35 heavy (non-hydrogen) atoms. The minimum Gasteiger partial charge on any atom is -0.483 e. The molecule has 0 heterocycles. The van der Waals surface area contributed by atoms with Gasteiger partial charge in [-0.2, -0.15) is 0 Å². The first-order chi connectivity index (χ1) is 16.8. The van der Waals surface area contributed by atoms with E-state index in [4.69, 9.17) is 14.2 Å². The van der Waals surface area contributed by atoms with Crippen molar-refractivity contribution < 1.29 is 28.6 Å². The van der Waals surface area contributed by atoms with Crippen molar-refractivity contribution in [2.45, 2.75) is 27.3 Å². The SMILES string of the molecule is CCOC(=O)Oc1ccc(C(=O)NCc2ccc(NC(=O)COc3ccc(C)cc3C)cc2)cc1. The Morgan fingerprint density at radius 2 is 1.60 bits per heavy atom. The number of amides is 2. The number of benzene rings is 3. The molecule has 182 valence electrons. The molecule has 0 fully saturated rings. The van der Waals surface area contributed by atoms with Crippen molar-refractivity contribution >= 4 is 23.7 Å². The van der Waals surface area contributed by atoms with Crippen LogP contribution < -0.4 is 20.1 Å². The molecule has 0 radical (unpaired) electrons. The fourth-order valence-corrected chi connectivity index (χ4v) is 3.21. The van der Waals surface area contributed by atoms with Crippen LogP contribution in [-0.4, -0.2) is 31.2 Å². The average Bonchev–Trinajstić information content (AvgIpc) is 2.83. The highest BCUT2D eigenvalue weighted by atomic mass is 16.7. The normalized spacial score (nSPS) is 10.3. The molecule has 0 aliphatic rings. The third-order valence-corrected chi connectivity index (χ3v) is 4.96. The standard InChI is InChI=1S/C27H28N2O6/c1-4-33-27(32)35-23-12-8-21(9-13-23)26(31)28-16-20-6-10-22(11-7-20)29-25(30)17-34-24-14-5-18(2)15-19(24)3/h5-15H,4,16-17H2,1-3H3,(H,28,31)(H,29,30). The van der Waals surface area contributed by atoms with Crippen LogP contribution in [0.5, 0.6) is 11.5 Å². The molecule has 0 bridgehead atoms. The van der Waals surface area contributed by atoms with E-state index in [1.54, 1.807) is 31.2 Å². The number of hydrogen-bond donors (Lipinski definition) is 2. The molecule has 0 aliphatic carbocycles. The fraction of sp³-hybridized carbons (Fsp3) is 0.222. The van der Waals surface area contributed by atoms with Crippen molar-refractivity contribution in [2.24, 2.45) is 0 Å². The lowest BCUT2D eigenvalue weighted by Gasteiger charge is -2.11. The number of nitrogens with one attached hydrogen (secondary N) is 2. The van der Waals surface area contributed by atoms with Gasteiger partial charge in [0.2, 0.25) is 0 Å². The molecule has 8 heteroatoms. The van der Waals surface area contributed by atoms with Gasteiger partial charge in [-0.25, -0.2) is 4.79 Å². The van der Waals surface area contributed by atoms with Gasteiger partial charge in [0, 0.05) is 17.8 Å². The molecule has 8 nitrogen and oxygen atoms in total. The first-order valence-electron chi connectivity index (χ1n) is 11.2. The van der Waals surface area contributed by atoms with Gasteiger partial charge in [0.15, 0.2) is 6.61 Å². The summed E-state index contributed by atoms with van der Waals surface area (Å²) in [5.74, 6) is 0.435. The molecule has 0 unspecified atom stereocenters. The van der Waals surface area contributed by atoms with Gasteiger partial charge in [-0.3, -0.25) is 9.59 Å². The third-order valence-electron chi connectivity index (χ3n) is 4.96. The average molecular weight is 477 g/mol. The van der Waals surface area contributed by atoms with Crippen LogP contribution in [0.1, 0.15) is 34.0 Å². The monoisotopic (exact) mass is 476 g/mol. The zero-order chi connectivity index (χ0) is 25.2. The molecule has 0 saturated heterocycles. The number of rotatable bonds is 9. The molecule has 0 saturated carbocycles. The first kappa shape index (κ1) is 25.3. The lowest BCUT2D eigenvalue weighted by Crippen LogP contribution is -2.23. The summed E-state index contributed by atoms with van der Waals surface area (Å²) in [6.45, 7) is 6.06. The number of carbonyl (C=O) groups is 3. The topological polar surface area (TPSA) is 103 Å². The van der Waals surface area contributed by atoms with E-state index in [2.05, 4.69) is 10.6 Å². The second kappa shape index (κ2) is 12.2. The Labute approximate surface area is 204 Å². The van der Waals surface area contributed by atoms with E-state index >= 15 is 0 Å². The lowest BCUT2D eigenvalue weighted by molar-refractivity contribution is -0.118. The van der Waals surface area contributed by atoms with Crippen molar-refractivity contribution in [1.82, 2.24) is 5.32 Å². The number of ether oxygens (including phenoxy) is 3. The molecule has 2 N–H and O–H groups in total. The molecular formula is C27H28N2O6. The second-order valence-electron chi connectivity index (χ2n) is 7.79. The van der Waals surface area contributed by atoms with Gasteiger partial charge in [-0.15, -0.1) is 0 Å². The van der Waals surface area contributed by atoms with Crippen molar-refractivity contribution in [3.8, 4) is 11.5 Å². The summed E-state index contributed by atoms with van der Waals surface area (Å²) in [6, 6.07) is 19.1. The number of anilines is 1. The van der Waals surface area contributed by atoms with Crippen LogP contribution in [0, 0.1) is 13.8 Å². The van der Waals surface area contributed by atoms with Crippen molar-refractivity contribution in [3.63, 3.8) is 0 Å². The number of carbonyl (C=O) groups excluding carboxylic acids is 3. The molecule has 2 amide bonds. The van der Waals surface area contributed by atoms with Gasteiger partial charge in [-0.05, 0) is 74.4 Å². The Morgan fingerprint density at radius 1 is 0.886 bits per heavy atom. The van der Waals surface area contributed by atoms with Crippen LogP contribution >= 0.6 is 0 Å². The van der Waals surface area contributed by atoms with Crippen LogP contribution in [0.2, 0.25) is 0 Å². The molecule has 3 rings (SSSR count). The van der Waals surface area contributed by atoms with Crippen molar-refractivity contribution in [1.29, 1.82) is 0 Å². The van der Waals surface area contributed by atoms with Crippen LogP contribution in [0.15, 0.2) is 66.7 Å². The summed E-state index contributed by atoms with van der Waals surface area (Å²) in [6.07, 6.45) is -0.793. The van der Waals surface area contributed by atoms with E-state index in [-0.39, 0.29) is 30.8 Å². The zero-order valence-corrected chi connectivity index (χ0v) is 19.9. The lowest BCUT2D eigenvalue weighted by atomic mass is 10.1. The predicted molar refractivity (Wildman–Crippen MR) is 132 cm³/mol. The summed E-state index contributed by atoms with van der Waals surface area (Å²) in [7, 11) is 0. The predicted octanol–water partition coefficient (Wildman–Crippen LogP) is 4.79. The van der Waals surface area contributed by atoms with Gasteiger partial charge in [0.05, 0.1) is 6.61 Å². The van der Waals surface area contributed by atoms with E-state index in [0.29, 0.717) is 23.5 Å². The van der Waals surface area contributed by atoms with Gasteiger partial charge < -0.3 is 24.8 Å². The summed E-state index contributed by atoms with van der Waals surface area (Å²) in [5.41, 5.74) is 4.03. The maximum atomic E-state index is 12.4. The van der Waals surface area contributed by atoms with Crippen LogP contribution in [0.25, 0.3) is 0 Å². The van der Waals surface area contributed by atoms with E-state index in [1.807, 2.05) is 44.2 Å². The van der Waals surface area contributed by atoms with Gasteiger partial charge >= 0.3 is 6.16 Å². The number of hydrogen-bond acceptors (Lipinski definition) is 6. The third kappa shape index (κ3) is 7.89. The van der Waals surface area contributed by atoms with Gasteiger partial charge in [0.1, 0.15) is 11.5 Å². The largest absolute Gasteiger partial charge is 0.513 e. The van der Waals surface area contributed by atoms with E-state index < -0.39 is 6.16 Å².